The first-order chi connectivity index (χ1) is 16.7. The van der Waals surface area contributed by atoms with Crippen LogP contribution in [0.3, 0.4) is 0 Å². The average molecular weight is 502 g/mol. The topological polar surface area (TPSA) is 87.7 Å². The van der Waals surface area contributed by atoms with E-state index >= 15 is 0 Å². The summed E-state index contributed by atoms with van der Waals surface area (Å²) < 4.78 is 18.4. The zero-order valence-electron chi connectivity index (χ0n) is 20.3. The molecule has 2 fully saturated rings. The van der Waals surface area contributed by atoms with Gasteiger partial charge < -0.3 is 20.3 Å². The minimum absolute atomic E-state index is 0.0681. The molecule has 2 aliphatic rings. The molecule has 2 heterocycles. The van der Waals surface area contributed by atoms with E-state index in [4.69, 9.17) is 4.74 Å². The summed E-state index contributed by atoms with van der Waals surface area (Å²) in [6.07, 6.45) is 1.33. The molecule has 4 unspecified atom stereocenters. The predicted molar refractivity (Wildman–Crippen MR) is 131 cm³/mol. The van der Waals surface area contributed by atoms with Gasteiger partial charge in [0, 0.05) is 17.3 Å². The van der Waals surface area contributed by atoms with E-state index in [1.807, 2.05) is 13.8 Å². The van der Waals surface area contributed by atoms with Crippen LogP contribution in [0.15, 0.2) is 35.7 Å². The van der Waals surface area contributed by atoms with Crippen molar-refractivity contribution in [3.05, 3.63) is 52.0 Å². The summed E-state index contributed by atoms with van der Waals surface area (Å²) in [5.74, 6) is 0.310. The Hall–Kier alpha value is -2.94. The number of carbonyl (C=O) groups is 3. The monoisotopic (exact) mass is 501 g/mol. The number of ether oxygens (including phenoxy) is 1. The first-order valence-corrected chi connectivity index (χ1v) is 12.9. The molecule has 9 heteroatoms. The quantitative estimate of drug-likeness (QED) is 0.487. The smallest absolute Gasteiger partial charge is 0.243 e. The lowest BCUT2D eigenvalue weighted by Gasteiger charge is -2.29. The minimum Gasteiger partial charge on any atom is -0.494 e. The molecule has 0 spiro atoms. The highest BCUT2D eigenvalue weighted by Gasteiger charge is 2.61. The first-order valence-electron chi connectivity index (χ1n) is 12.1. The number of aryl methyl sites for hydroxylation is 1. The van der Waals surface area contributed by atoms with Crippen molar-refractivity contribution >= 4 is 29.1 Å². The Morgan fingerprint density at radius 1 is 1.26 bits per heavy atom. The molecule has 1 aromatic carbocycles. The van der Waals surface area contributed by atoms with Crippen LogP contribution in [0.1, 0.15) is 49.6 Å². The number of rotatable bonds is 10. The zero-order valence-corrected chi connectivity index (χ0v) is 21.1. The molecule has 2 N–H and O–H groups in total. The number of halogens is 1. The van der Waals surface area contributed by atoms with Crippen LogP contribution < -0.4 is 15.4 Å². The highest BCUT2D eigenvalue weighted by Crippen LogP contribution is 2.53. The van der Waals surface area contributed by atoms with Gasteiger partial charge in [-0.1, -0.05) is 6.92 Å². The molecule has 5 atom stereocenters. The number of fused-ring (bicyclic) bond motifs is 1. The molecule has 1 aliphatic carbocycles. The number of benzene rings is 1. The van der Waals surface area contributed by atoms with E-state index in [1.54, 1.807) is 16.2 Å². The van der Waals surface area contributed by atoms with Crippen LogP contribution in [-0.4, -0.2) is 47.9 Å². The van der Waals surface area contributed by atoms with Gasteiger partial charge in [0.25, 0.3) is 0 Å². The second kappa shape index (κ2) is 10.8. The van der Waals surface area contributed by atoms with E-state index in [2.05, 4.69) is 29.0 Å². The van der Waals surface area contributed by atoms with Crippen LogP contribution in [-0.2, 0) is 14.4 Å². The van der Waals surface area contributed by atoms with Gasteiger partial charge in [-0.25, -0.2) is 4.39 Å². The van der Waals surface area contributed by atoms with Gasteiger partial charge in [-0.3, -0.25) is 14.4 Å². The SMILES string of the molecule is Cc1csc([C@@H](C)NC(=O)C2CC3C(C)C3N2C(=O)CNC(=O)CCCOc2ccc(F)cc2)c1. The molecule has 3 amide bonds. The fraction of sp³-hybridized carbons (Fsp3) is 0.500. The maximum atomic E-state index is 13.0. The van der Waals surface area contributed by atoms with Crippen LogP contribution in [0.2, 0.25) is 0 Å². The number of hydrogen-bond donors (Lipinski definition) is 2. The van der Waals surface area contributed by atoms with Crippen LogP contribution >= 0.6 is 11.3 Å². The number of amides is 3. The Labute approximate surface area is 209 Å². The third-order valence-electron chi connectivity index (χ3n) is 6.86. The number of thiophene rings is 1. The van der Waals surface area contributed by atoms with Crippen molar-refractivity contribution < 1.29 is 23.5 Å². The van der Waals surface area contributed by atoms with Crippen LogP contribution in [0, 0.1) is 24.6 Å². The molecular weight excluding hydrogens is 469 g/mol. The maximum Gasteiger partial charge on any atom is 0.243 e. The molecule has 2 aromatic rings. The van der Waals surface area contributed by atoms with Gasteiger partial charge in [-0.15, -0.1) is 11.3 Å². The molecule has 0 radical (unpaired) electrons. The molecule has 4 rings (SSSR count). The Morgan fingerprint density at radius 3 is 2.69 bits per heavy atom. The van der Waals surface area contributed by atoms with E-state index in [0.717, 1.165) is 10.4 Å². The molecule has 1 saturated heterocycles. The summed E-state index contributed by atoms with van der Waals surface area (Å²) in [5, 5.41) is 7.80. The summed E-state index contributed by atoms with van der Waals surface area (Å²) in [6.45, 7) is 6.25. The third-order valence-corrected chi connectivity index (χ3v) is 8.09. The van der Waals surface area contributed by atoms with E-state index in [-0.39, 0.29) is 48.6 Å². The van der Waals surface area contributed by atoms with Crippen molar-refractivity contribution in [2.75, 3.05) is 13.2 Å². The van der Waals surface area contributed by atoms with Gasteiger partial charge in [0.15, 0.2) is 0 Å². The number of hydrogen-bond acceptors (Lipinski definition) is 5. The molecule has 188 valence electrons. The number of carbonyl (C=O) groups excluding carboxylic acids is 3. The summed E-state index contributed by atoms with van der Waals surface area (Å²) in [4.78, 5) is 41.1. The van der Waals surface area contributed by atoms with E-state index in [9.17, 15) is 18.8 Å². The van der Waals surface area contributed by atoms with Crippen LogP contribution in [0.5, 0.6) is 5.75 Å². The normalized spacial score (nSPS) is 23.4. The van der Waals surface area contributed by atoms with Gasteiger partial charge in [0.1, 0.15) is 17.6 Å². The number of nitrogens with one attached hydrogen (secondary N) is 2. The minimum atomic E-state index is -0.502. The van der Waals surface area contributed by atoms with E-state index in [0.29, 0.717) is 37.0 Å². The molecule has 35 heavy (non-hydrogen) atoms. The largest absolute Gasteiger partial charge is 0.494 e. The predicted octanol–water partition coefficient (Wildman–Crippen LogP) is 3.58. The van der Waals surface area contributed by atoms with Gasteiger partial charge in [0.2, 0.25) is 17.7 Å². The molecule has 1 aromatic heterocycles. The molecule has 1 aliphatic heterocycles. The van der Waals surface area contributed by atoms with Crippen molar-refractivity contribution in [3.8, 4) is 5.75 Å². The third kappa shape index (κ3) is 6.01. The van der Waals surface area contributed by atoms with Gasteiger partial charge in [0.05, 0.1) is 19.2 Å². The summed E-state index contributed by atoms with van der Waals surface area (Å²) >= 11 is 1.61. The van der Waals surface area contributed by atoms with Gasteiger partial charge in [-0.05, 0) is 79.8 Å². The Balaban J connectivity index is 1.23. The van der Waals surface area contributed by atoms with E-state index < -0.39 is 6.04 Å². The zero-order chi connectivity index (χ0) is 25.1. The Morgan fingerprint density at radius 2 is 2.00 bits per heavy atom. The van der Waals surface area contributed by atoms with Crippen molar-refractivity contribution in [3.63, 3.8) is 0 Å². The van der Waals surface area contributed by atoms with Crippen molar-refractivity contribution in [2.45, 2.75) is 58.2 Å². The Kier molecular flexibility index (Phi) is 7.74. The highest BCUT2D eigenvalue weighted by atomic mass is 32.1. The molecule has 1 saturated carbocycles. The van der Waals surface area contributed by atoms with Crippen LogP contribution in [0.25, 0.3) is 0 Å². The second-order valence-corrected chi connectivity index (χ2v) is 10.4. The van der Waals surface area contributed by atoms with Crippen molar-refractivity contribution in [2.24, 2.45) is 11.8 Å². The molecule has 0 bridgehead atoms. The number of nitrogens with zero attached hydrogens (tertiary/aromatic N) is 1. The summed E-state index contributed by atoms with van der Waals surface area (Å²) in [5.41, 5.74) is 1.16. The van der Waals surface area contributed by atoms with Crippen molar-refractivity contribution in [1.82, 2.24) is 15.5 Å². The number of likely N-dealkylation sites (tertiary alicyclic amines) is 1. The van der Waals surface area contributed by atoms with Gasteiger partial charge >= 0.3 is 0 Å². The molecular formula is C26H32FN3O4S. The lowest BCUT2D eigenvalue weighted by Crippen LogP contribution is -2.51. The Bertz CT molecular complexity index is 1070. The molecule has 7 nitrogen and oxygen atoms in total. The second-order valence-electron chi connectivity index (χ2n) is 9.51. The number of piperidine rings is 1. The lowest BCUT2D eigenvalue weighted by atomic mass is 10.1. The first kappa shape index (κ1) is 25.2. The maximum absolute atomic E-state index is 13.0. The van der Waals surface area contributed by atoms with E-state index in [1.165, 1.54) is 24.3 Å². The fourth-order valence-corrected chi connectivity index (χ4v) is 5.76. The van der Waals surface area contributed by atoms with Crippen LogP contribution in [0.4, 0.5) is 4.39 Å². The van der Waals surface area contributed by atoms with Crippen molar-refractivity contribution in [1.29, 1.82) is 0 Å². The fourth-order valence-electron chi connectivity index (χ4n) is 4.86. The van der Waals surface area contributed by atoms with Gasteiger partial charge in [-0.2, -0.15) is 0 Å². The lowest BCUT2D eigenvalue weighted by molar-refractivity contribution is -0.140. The average Bonchev–Trinajstić information content (AvgIpc) is 3.18. The summed E-state index contributed by atoms with van der Waals surface area (Å²) in [6, 6.07) is 7.20. The summed E-state index contributed by atoms with van der Waals surface area (Å²) in [7, 11) is 0. The highest BCUT2D eigenvalue weighted by molar-refractivity contribution is 7.10. The standard InChI is InChI=1S/C26H32FN3O4S/c1-15-11-22(35-14-15)17(3)29-26(33)21-12-20-16(2)25(20)30(21)24(32)13-28-23(31)5-4-10-34-19-8-6-18(27)7-9-19/h6-9,11,14,16-17,20-21,25H,4-5,10,12-13H2,1-3H3,(H,28,31)(H,29,33)/t16?,17-,20?,21?,25?/m1/s1.